The van der Waals surface area contributed by atoms with Gasteiger partial charge in [0.1, 0.15) is 18.5 Å². The summed E-state index contributed by atoms with van der Waals surface area (Å²) in [6, 6.07) is 11.2. The highest BCUT2D eigenvalue weighted by Crippen LogP contribution is 2.28. The molecule has 1 saturated heterocycles. The number of amides is 1. The molecular formula is C18H21NO6S. The maximum absolute atomic E-state index is 12.0. The Morgan fingerprint density at radius 1 is 1.19 bits per heavy atom. The fourth-order valence-corrected chi connectivity index (χ4v) is 3.17. The summed E-state index contributed by atoms with van der Waals surface area (Å²) in [4.78, 5) is 13.6. The van der Waals surface area contributed by atoms with Crippen molar-refractivity contribution < 1.29 is 27.4 Å². The number of nitrogens with zero attached hydrogens (tertiary/aromatic N) is 1. The van der Waals surface area contributed by atoms with E-state index < -0.39 is 9.84 Å². The van der Waals surface area contributed by atoms with E-state index in [9.17, 15) is 13.2 Å². The number of carbonyl (C=O) groups is 1. The van der Waals surface area contributed by atoms with Gasteiger partial charge in [-0.05, 0) is 35.0 Å². The average molecular weight is 379 g/mol. The van der Waals surface area contributed by atoms with Gasteiger partial charge in [0.25, 0.3) is 0 Å². The van der Waals surface area contributed by atoms with Crippen molar-refractivity contribution in [1.29, 1.82) is 0 Å². The first-order valence-corrected chi connectivity index (χ1v) is 10.2. The van der Waals surface area contributed by atoms with E-state index in [1.54, 1.807) is 18.1 Å². The van der Waals surface area contributed by atoms with Crippen LogP contribution in [0.3, 0.4) is 0 Å². The molecule has 1 fully saturated rings. The zero-order valence-electron chi connectivity index (χ0n) is 14.7. The number of hydrogen-bond acceptors (Lipinski definition) is 6. The van der Waals surface area contributed by atoms with E-state index in [0.29, 0.717) is 18.9 Å². The number of methoxy groups -OCH3 is 1. The third-order valence-corrected chi connectivity index (χ3v) is 4.96. The molecule has 0 N–H and O–H groups in total. The molecule has 1 amide bonds. The van der Waals surface area contributed by atoms with Crippen molar-refractivity contribution in [1.82, 2.24) is 0 Å². The van der Waals surface area contributed by atoms with Gasteiger partial charge in [-0.3, -0.25) is 4.90 Å². The van der Waals surface area contributed by atoms with Crippen LogP contribution in [0.5, 0.6) is 5.75 Å². The van der Waals surface area contributed by atoms with Gasteiger partial charge in [-0.2, -0.15) is 0 Å². The second-order valence-corrected chi connectivity index (χ2v) is 8.50. The van der Waals surface area contributed by atoms with E-state index in [-0.39, 0.29) is 24.6 Å². The number of ether oxygens (including phenoxy) is 3. The molecule has 1 aliphatic rings. The lowest BCUT2D eigenvalue weighted by Crippen LogP contribution is -2.25. The summed E-state index contributed by atoms with van der Waals surface area (Å²) < 4.78 is 38.1. The van der Waals surface area contributed by atoms with Gasteiger partial charge in [0.2, 0.25) is 0 Å². The Kier molecular flexibility index (Phi) is 5.33. The van der Waals surface area contributed by atoms with E-state index in [4.69, 9.17) is 14.2 Å². The number of fused-ring (bicyclic) bond motifs is 1. The lowest BCUT2D eigenvalue weighted by Gasteiger charge is -2.14. The highest BCUT2D eigenvalue weighted by molar-refractivity contribution is 7.90. The van der Waals surface area contributed by atoms with Gasteiger partial charge in [0, 0.05) is 19.1 Å². The molecule has 7 nitrogen and oxygen atoms in total. The fraction of sp³-hybridized carbons (Fsp3) is 0.389. The van der Waals surface area contributed by atoms with E-state index in [2.05, 4.69) is 0 Å². The zero-order chi connectivity index (χ0) is 18.7. The third-order valence-electron chi connectivity index (χ3n) is 4.06. The Bertz CT molecular complexity index is 911. The molecule has 140 valence electrons. The van der Waals surface area contributed by atoms with Crippen LogP contribution in [0.4, 0.5) is 10.5 Å². The van der Waals surface area contributed by atoms with Crippen molar-refractivity contribution in [3.05, 3.63) is 36.4 Å². The number of anilines is 1. The summed E-state index contributed by atoms with van der Waals surface area (Å²) in [5, 5.41) is 1.88. The summed E-state index contributed by atoms with van der Waals surface area (Å²) in [5.74, 6) is 0.582. The number of carbonyl (C=O) groups excluding carboxylic acids is 1. The Balaban J connectivity index is 1.74. The van der Waals surface area contributed by atoms with Gasteiger partial charge in [-0.1, -0.05) is 12.1 Å². The molecule has 1 unspecified atom stereocenters. The van der Waals surface area contributed by atoms with E-state index in [1.165, 1.54) is 6.26 Å². The first kappa shape index (κ1) is 18.5. The normalized spacial score (nSPS) is 17.5. The molecule has 0 aromatic heterocycles. The van der Waals surface area contributed by atoms with Crippen molar-refractivity contribution in [3.8, 4) is 5.75 Å². The highest BCUT2D eigenvalue weighted by atomic mass is 32.2. The minimum atomic E-state index is -3.05. The molecular weight excluding hydrogens is 358 g/mol. The lowest BCUT2D eigenvalue weighted by molar-refractivity contribution is 0.0718. The number of hydrogen-bond donors (Lipinski definition) is 0. The van der Waals surface area contributed by atoms with E-state index >= 15 is 0 Å². The molecule has 1 aliphatic heterocycles. The fourth-order valence-electron chi connectivity index (χ4n) is 2.78. The molecule has 0 radical (unpaired) electrons. The molecule has 1 atom stereocenters. The van der Waals surface area contributed by atoms with E-state index in [0.717, 1.165) is 16.5 Å². The topological polar surface area (TPSA) is 82.1 Å². The van der Waals surface area contributed by atoms with Gasteiger partial charge in [0.05, 0.1) is 18.9 Å². The molecule has 26 heavy (non-hydrogen) atoms. The van der Waals surface area contributed by atoms with Crippen molar-refractivity contribution >= 4 is 32.4 Å². The van der Waals surface area contributed by atoms with Crippen LogP contribution in [0.15, 0.2) is 36.4 Å². The predicted molar refractivity (Wildman–Crippen MR) is 98.6 cm³/mol. The van der Waals surface area contributed by atoms with Crippen molar-refractivity contribution in [2.45, 2.75) is 6.10 Å². The van der Waals surface area contributed by atoms with Gasteiger partial charge >= 0.3 is 6.09 Å². The van der Waals surface area contributed by atoms with Crippen molar-refractivity contribution in [2.24, 2.45) is 0 Å². The summed E-state index contributed by atoms with van der Waals surface area (Å²) in [6.07, 6.45) is 0.527. The largest absolute Gasteiger partial charge is 0.493 e. The predicted octanol–water partition coefficient (Wildman–Crippen LogP) is 2.23. The van der Waals surface area contributed by atoms with Crippen molar-refractivity contribution in [2.75, 3.05) is 43.8 Å². The number of cyclic esters (lactones) is 1. The standard InChI is InChI=1S/C18H21NO6S/c1-23-12-17-11-19(18(20)25-17)15-5-3-14-10-16(6-4-13(14)9-15)24-7-8-26(2,21)22/h3-6,9-10,17H,7-8,11-12H2,1-2H3. The van der Waals surface area contributed by atoms with Crippen LogP contribution >= 0.6 is 0 Å². The number of benzene rings is 2. The molecule has 2 aromatic carbocycles. The van der Waals surface area contributed by atoms with Crippen LogP contribution in [0.25, 0.3) is 10.8 Å². The van der Waals surface area contributed by atoms with Crippen LogP contribution in [0.1, 0.15) is 0 Å². The van der Waals surface area contributed by atoms with Gasteiger partial charge < -0.3 is 14.2 Å². The van der Waals surface area contributed by atoms with Gasteiger partial charge in [-0.25, -0.2) is 13.2 Å². The molecule has 0 spiro atoms. The van der Waals surface area contributed by atoms with Gasteiger partial charge in [0.15, 0.2) is 9.84 Å². The highest BCUT2D eigenvalue weighted by Gasteiger charge is 2.32. The van der Waals surface area contributed by atoms with Crippen LogP contribution in [0, 0.1) is 0 Å². The third kappa shape index (κ3) is 4.44. The SMILES string of the molecule is COCC1CN(c2ccc3cc(OCCS(C)(=O)=O)ccc3c2)C(=O)O1. The zero-order valence-corrected chi connectivity index (χ0v) is 15.5. The molecule has 8 heteroatoms. The monoisotopic (exact) mass is 379 g/mol. The quantitative estimate of drug-likeness (QED) is 0.734. The Morgan fingerprint density at radius 2 is 1.92 bits per heavy atom. The number of rotatable bonds is 7. The lowest BCUT2D eigenvalue weighted by atomic mass is 10.1. The summed E-state index contributed by atoms with van der Waals surface area (Å²) in [5.41, 5.74) is 0.756. The maximum Gasteiger partial charge on any atom is 0.414 e. The minimum Gasteiger partial charge on any atom is -0.493 e. The van der Waals surface area contributed by atoms with Crippen LogP contribution in [-0.2, 0) is 19.3 Å². The molecule has 0 saturated carbocycles. The van der Waals surface area contributed by atoms with Crippen molar-refractivity contribution in [3.63, 3.8) is 0 Å². The van der Waals surface area contributed by atoms with Crippen LogP contribution < -0.4 is 9.64 Å². The molecule has 2 aromatic rings. The molecule has 1 heterocycles. The summed E-state index contributed by atoms with van der Waals surface area (Å²) in [6.45, 7) is 0.928. The van der Waals surface area contributed by atoms with Crippen LogP contribution in [-0.4, -0.2) is 59.5 Å². The Morgan fingerprint density at radius 3 is 2.65 bits per heavy atom. The van der Waals surface area contributed by atoms with Crippen LogP contribution in [0.2, 0.25) is 0 Å². The average Bonchev–Trinajstić information content (AvgIpc) is 2.94. The second kappa shape index (κ2) is 7.51. The smallest absolute Gasteiger partial charge is 0.414 e. The first-order chi connectivity index (χ1) is 12.4. The molecule has 0 bridgehead atoms. The van der Waals surface area contributed by atoms with Gasteiger partial charge in [-0.15, -0.1) is 0 Å². The number of sulfone groups is 1. The van der Waals surface area contributed by atoms with E-state index in [1.807, 2.05) is 30.3 Å². The Hall–Kier alpha value is -2.32. The maximum atomic E-state index is 12.0. The molecule has 0 aliphatic carbocycles. The second-order valence-electron chi connectivity index (χ2n) is 6.24. The Labute approximate surface area is 152 Å². The summed E-state index contributed by atoms with van der Waals surface area (Å²) in [7, 11) is -1.48. The minimum absolute atomic E-state index is 0.0241. The molecule has 3 rings (SSSR count). The summed E-state index contributed by atoms with van der Waals surface area (Å²) >= 11 is 0. The first-order valence-electron chi connectivity index (χ1n) is 8.17.